The van der Waals surface area contributed by atoms with Crippen molar-refractivity contribution in [3.8, 4) is 11.5 Å². The molecule has 0 N–H and O–H groups in total. The van der Waals surface area contributed by atoms with Gasteiger partial charge in [-0.25, -0.2) is 4.42 Å². The predicted molar refractivity (Wildman–Crippen MR) is 69.1 cm³/mol. The van der Waals surface area contributed by atoms with Crippen molar-refractivity contribution in [1.29, 1.82) is 0 Å². The first-order chi connectivity index (χ1) is 8.83. The van der Waals surface area contributed by atoms with Crippen molar-refractivity contribution >= 4 is 11.8 Å². The summed E-state index contributed by atoms with van der Waals surface area (Å²) in [5.74, 6) is 1.67. The fourth-order valence-corrected chi connectivity index (χ4v) is 2.39. The first-order valence-electron chi connectivity index (χ1n) is 6.12. The van der Waals surface area contributed by atoms with E-state index >= 15 is 0 Å². The van der Waals surface area contributed by atoms with Gasteiger partial charge in [0.05, 0.1) is 0 Å². The Morgan fingerprint density at radius 3 is 2.56 bits per heavy atom. The van der Waals surface area contributed by atoms with Crippen LogP contribution < -0.4 is 0 Å². The van der Waals surface area contributed by atoms with Crippen LogP contribution in [-0.2, 0) is 0 Å². The van der Waals surface area contributed by atoms with E-state index in [2.05, 4.69) is 10.2 Å². The average Bonchev–Trinajstić information content (AvgIpc) is 2.90. The van der Waals surface area contributed by atoms with Crippen LogP contribution in [-0.4, -0.2) is 27.7 Å². The van der Waals surface area contributed by atoms with Crippen LogP contribution in [0.4, 0.5) is 0 Å². The lowest BCUT2D eigenvalue weighted by Crippen LogP contribution is -2.25. The molecule has 1 fully saturated rings. The maximum atomic E-state index is 5.94. The van der Waals surface area contributed by atoms with Crippen LogP contribution in [0.25, 0.3) is 11.5 Å². The summed E-state index contributed by atoms with van der Waals surface area (Å²) in [6.45, 7) is 1.74. The van der Waals surface area contributed by atoms with Gasteiger partial charge in [-0.05, 0) is 36.8 Å². The van der Waals surface area contributed by atoms with Crippen LogP contribution in [0.2, 0.25) is 0 Å². The van der Waals surface area contributed by atoms with Crippen molar-refractivity contribution in [2.24, 2.45) is 0 Å². The Hall–Kier alpha value is -1.39. The van der Waals surface area contributed by atoms with Gasteiger partial charge in [0.1, 0.15) is 0 Å². The summed E-state index contributed by atoms with van der Waals surface area (Å²) in [6.07, 6.45) is 1.94. The molecule has 18 heavy (non-hydrogen) atoms. The lowest BCUT2D eigenvalue weighted by molar-refractivity contribution is 0.302. The zero-order valence-electron chi connectivity index (χ0n) is 9.92. The van der Waals surface area contributed by atoms with Gasteiger partial charge < -0.3 is 4.42 Å². The van der Waals surface area contributed by atoms with Gasteiger partial charge in [-0.3, -0.25) is 0 Å². The molecule has 0 atom stereocenters. The van der Waals surface area contributed by atoms with Gasteiger partial charge in [0, 0.05) is 24.6 Å². The summed E-state index contributed by atoms with van der Waals surface area (Å²) in [4.78, 5) is 0. The van der Waals surface area contributed by atoms with Crippen molar-refractivity contribution in [2.45, 2.75) is 18.8 Å². The largest absolute Gasteiger partial charge is 0.420 e. The molecule has 1 aliphatic heterocycles. The Bertz CT molecular complexity index is 506. The number of rotatable bonds is 2. The molecule has 1 saturated heterocycles. The third kappa shape index (κ3) is 2.40. The zero-order valence-corrected chi connectivity index (χ0v) is 10.7. The zero-order chi connectivity index (χ0) is 12.4. The lowest BCUT2D eigenvalue weighted by Gasteiger charge is -2.24. The minimum absolute atomic E-state index is 0.338. The molecule has 0 amide bonds. The number of piperidine rings is 1. The highest BCUT2D eigenvalue weighted by molar-refractivity contribution is 6.13. The van der Waals surface area contributed by atoms with Gasteiger partial charge in [0.2, 0.25) is 11.8 Å². The van der Waals surface area contributed by atoms with E-state index in [1.807, 2.05) is 34.8 Å². The molecular formula is C13H14ClN3O. The highest BCUT2D eigenvalue weighted by Crippen LogP contribution is 2.29. The van der Waals surface area contributed by atoms with E-state index in [4.69, 9.17) is 16.2 Å². The first kappa shape index (κ1) is 11.7. The molecule has 0 spiro atoms. The van der Waals surface area contributed by atoms with Crippen molar-refractivity contribution < 1.29 is 4.42 Å². The molecule has 94 valence electrons. The van der Waals surface area contributed by atoms with Gasteiger partial charge in [0.25, 0.3) is 0 Å². The molecule has 1 aromatic heterocycles. The topological polar surface area (TPSA) is 42.2 Å². The SMILES string of the molecule is ClN1CCC(c2nnc(-c3ccccc3)o2)CC1. The molecule has 2 aromatic rings. The number of nitrogens with zero attached hydrogens (tertiary/aromatic N) is 3. The number of aromatic nitrogens is 2. The second-order valence-electron chi connectivity index (χ2n) is 4.50. The molecule has 2 heterocycles. The van der Waals surface area contributed by atoms with E-state index in [1.165, 1.54) is 0 Å². The maximum Gasteiger partial charge on any atom is 0.247 e. The van der Waals surface area contributed by atoms with E-state index in [1.54, 1.807) is 0 Å². The molecule has 1 aliphatic rings. The van der Waals surface area contributed by atoms with Crippen LogP contribution in [0.15, 0.2) is 34.7 Å². The van der Waals surface area contributed by atoms with Crippen molar-refractivity contribution in [2.75, 3.05) is 13.1 Å². The average molecular weight is 264 g/mol. The van der Waals surface area contributed by atoms with Gasteiger partial charge in [-0.2, -0.15) is 0 Å². The molecule has 0 saturated carbocycles. The van der Waals surface area contributed by atoms with Crippen molar-refractivity contribution in [1.82, 2.24) is 14.6 Å². The van der Waals surface area contributed by atoms with Gasteiger partial charge >= 0.3 is 0 Å². The normalized spacial score (nSPS) is 18.1. The van der Waals surface area contributed by atoms with E-state index < -0.39 is 0 Å². The third-order valence-electron chi connectivity index (χ3n) is 3.25. The molecule has 0 bridgehead atoms. The number of halogens is 1. The first-order valence-corrected chi connectivity index (χ1v) is 6.46. The van der Waals surface area contributed by atoms with Crippen LogP contribution in [0.5, 0.6) is 0 Å². The summed E-state index contributed by atoms with van der Waals surface area (Å²) in [5, 5.41) is 8.28. The Morgan fingerprint density at radius 1 is 1.11 bits per heavy atom. The molecule has 4 nitrogen and oxygen atoms in total. The Kier molecular flexibility index (Phi) is 3.30. The fourth-order valence-electron chi connectivity index (χ4n) is 2.19. The second-order valence-corrected chi connectivity index (χ2v) is 4.97. The summed E-state index contributed by atoms with van der Waals surface area (Å²) in [7, 11) is 0. The molecular weight excluding hydrogens is 250 g/mol. The molecule has 0 aliphatic carbocycles. The second kappa shape index (κ2) is 5.08. The number of benzene rings is 1. The number of hydrogen-bond donors (Lipinski definition) is 0. The third-order valence-corrected chi connectivity index (χ3v) is 3.59. The van der Waals surface area contributed by atoms with Gasteiger partial charge in [-0.1, -0.05) is 18.2 Å². The predicted octanol–water partition coefficient (Wildman–Crippen LogP) is 3.07. The number of hydrogen-bond acceptors (Lipinski definition) is 4. The Balaban J connectivity index is 1.78. The summed E-state index contributed by atoms with van der Waals surface area (Å²) in [6, 6.07) is 9.84. The fraction of sp³-hybridized carbons (Fsp3) is 0.385. The van der Waals surface area contributed by atoms with Crippen LogP contribution in [0.3, 0.4) is 0 Å². The monoisotopic (exact) mass is 263 g/mol. The van der Waals surface area contributed by atoms with Crippen LogP contribution in [0.1, 0.15) is 24.7 Å². The van der Waals surface area contributed by atoms with E-state index in [9.17, 15) is 0 Å². The molecule has 1 aromatic carbocycles. The van der Waals surface area contributed by atoms with E-state index in [-0.39, 0.29) is 0 Å². The molecule has 3 rings (SSSR count). The molecule has 5 heteroatoms. The summed E-state index contributed by atoms with van der Waals surface area (Å²) < 4.78 is 7.57. The summed E-state index contributed by atoms with van der Waals surface area (Å²) in [5.41, 5.74) is 0.964. The minimum atomic E-state index is 0.338. The minimum Gasteiger partial charge on any atom is -0.420 e. The van der Waals surface area contributed by atoms with Crippen molar-refractivity contribution in [3.05, 3.63) is 36.2 Å². The van der Waals surface area contributed by atoms with E-state index in [0.717, 1.165) is 37.4 Å². The molecule has 0 unspecified atom stereocenters. The Labute approximate surface area is 111 Å². The van der Waals surface area contributed by atoms with Crippen LogP contribution >= 0.6 is 11.8 Å². The Morgan fingerprint density at radius 2 is 1.83 bits per heavy atom. The van der Waals surface area contributed by atoms with Gasteiger partial charge in [-0.15, -0.1) is 10.2 Å². The quantitative estimate of drug-likeness (QED) is 0.781. The maximum absolute atomic E-state index is 5.94. The highest BCUT2D eigenvalue weighted by Gasteiger charge is 2.24. The molecule has 0 radical (unpaired) electrons. The lowest BCUT2D eigenvalue weighted by atomic mass is 9.98. The standard InChI is InChI=1S/C13H14ClN3O/c14-17-8-6-11(7-9-17)13-16-15-12(18-13)10-4-2-1-3-5-10/h1-5,11H,6-9H2. The summed E-state index contributed by atoms with van der Waals surface area (Å²) >= 11 is 5.94. The highest BCUT2D eigenvalue weighted by atomic mass is 35.5. The van der Waals surface area contributed by atoms with E-state index in [0.29, 0.717) is 11.8 Å². The van der Waals surface area contributed by atoms with Crippen molar-refractivity contribution in [3.63, 3.8) is 0 Å². The van der Waals surface area contributed by atoms with Crippen LogP contribution in [0, 0.1) is 0 Å². The smallest absolute Gasteiger partial charge is 0.247 e. The van der Waals surface area contributed by atoms with Gasteiger partial charge in [0.15, 0.2) is 0 Å².